The number of rotatable bonds is 8. The topological polar surface area (TPSA) is 68.3 Å². The predicted octanol–water partition coefficient (Wildman–Crippen LogP) is 5.46. The molecule has 2 aromatic carbocycles. The second-order valence-electron chi connectivity index (χ2n) is 6.90. The number of hydrogen-bond donors (Lipinski definition) is 1. The van der Waals surface area contributed by atoms with Crippen LogP contribution in [-0.2, 0) is 12.2 Å². The quantitative estimate of drug-likeness (QED) is 0.393. The van der Waals surface area contributed by atoms with Gasteiger partial charge in [-0.1, -0.05) is 54.2 Å². The van der Waals surface area contributed by atoms with Gasteiger partial charge in [0.25, 0.3) is 11.1 Å². The summed E-state index contributed by atoms with van der Waals surface area (Å²) in [6.45, 7) is 2.01. The molecule has 148 valence electrons. The highest BCUT2D eigenvalue weighted by Gasteiger charge is 2.15. The smallest absolute Gasteiger partial charge is 0.287 e. The number of nitrogens with one attached hydrogen (secondary N) is 1. The Morgan fingerprint density at radius 3 is 2.66 bits per heavy atom. The maximum absolute atomic E-state index is 12.4. The van der Waals surface area contributed by atoms with E-state index in [0.29, 0.717) is 22.5 Å². The highest BCUT2D eigenvalue weighted by Crippen LogP contribution is 2.26. The van der Waals surface area contributed by atoms with E-state index >= 15 is 0 Å². The maximum atomic E-state index is 12.4. The van der Waals surface area contributed by atoms with E-state index in [9.17, 15) is 4.79 Å². The average molecular weight is 407 g/mol. The molecule has 0 saturated carbocycles. The number of thioether (sulfide) groups is 1. The molecular formula is C23H22N2O3S. The summed E-state index contributed by atoms with van der Waals surface area (Å²) in [7, 11) is 0. The number of amides is 1. The number of hydrogen-bond acceptors (Lipinski definition) is 5. The fourth-order valence-corrected chi connectivity index (χ4v) is 3.75. The van der Waals surface area contributed by atoms with E-state index in [2.05, 4.69) is 22.4 Å². The largest absolute Gasteiger partial charge is 0.455 e. The van der Waals surface area contributed by atoms with Crippen LogP contribution in [0.4, 0.5) is 0 Å². The minimum Gasteiger partial charge on any atom is -0.455 e. The molecule has 0 aliphatic rings. The van der Waals surface area contributed by atoms with Crippen molar-refractivity contribution in [3.63, 3.8) is 0 Å². The summed E-state index contributed by atoms with van der Waals surface area (Å²) >= 11 is 1.44. The Hall–Kier alpha value is -2.99. The van der Waals surface area contributed by atoms with Gasteiger partial charge in [0.2, 0.25) is 0 Å². The molecule has 1 amide bonds. The Balaban J connectivity index is 1.28. The van der Waals surface area contributed by atoms with Crippen molar-refractivity contribution in [1.29, 1.82) is 0 Å². The van der Waals surface area contributed by atoms with Crippen LogP contribution in [0, 0.1) is 0 Å². The molecule has 4 aromatic rings. The first-order chi connectivity index (χ1) is 14.2. The fraction of sp³-hybridized carbons (Fsp3) is 0.217. The van der Waals surface area contributed by atoms with Crippen molar-refractivity contribution < 1.29 is 13.6 Å². The Kier molecular flexibility index (Phi) is 6.00. The molecule has 29 heavy (non-hydrogen) atoms. The Morgan fingerprint density at radius 2 is 1.83 bits per heavy atom. The number of carbonyl (C=O) groups is 1. The van der Waals surface area contributed by atoms with Gasteiger partial charge in [-0.2, -0.15) is 0 Å². The van der Waals surface area contributed by atoms with Crippen molar-refractivity contribution in [2.45, 2.75) is 36.8 Å². The molecule has 0 saturated heterocycles. The van der Waals surface area contributed by atoms with Gasteiger partial charge >= 0.3 is 0 Å². The van der Waals surface area contributed by atoms with Crippen LogP contribution in [0.25, 0.3) is 11.1 Å². The predicted molar refractivity (Wildman–Crippen MR) is 114 cm³/mol. The third-order valence-electron chi connectivity index (χ3n) is 4.58. The first kappa shape index (κ1) is 19.3. The van der Waals surface area contributed by atoms with Crippen LogP contribution < -0.4 is 5.32 Å². The molecular weight excluding hydrogens is 384 g/mol. The van der Waals surface area contributed by atoms with Gasteiger partial charge in [0.05, 0.1) is 5.75 Å². The van der Waals surface area contributed by atoms with E-state index in [1.165, 1.54) is 17.3 Å². The molecule has 2 aromatic heterocycles. The molecule has 6 heteroatoms. The lowest BCUT2D eigenvalue weighted by Crippen LogP contribution is -2.32. The monoisotopic (exact) mass is 406 g/mol. The normalized spacial score (nSPS) is 12.2. The highest BCUT2D eigenvalue weighted by molar-refractivity contribution is 7.98. The van der Waals surface area contributed by atoms with E-state index in [1.807, 2.05) is 55.5 Å². The first-order valence-electron chi connectivity index (χ1n) is 9.59. The van der Waals surface area contributed by atoms with Crippen molar-refractivity contribution >= 4 is 28.8 Å². The average Bonchev–Trinajstić information content (AvgIpc) is 3.38. The van der Waals surface area contributed by atoms with Gasteiger partial charge in [-0.15, -0.1) is 0 Å². The van der Waals surface area contributed by atoms with Crippen LogP contribution >= 0.6 is 11.8 Å². The lowest BCUT2D eigenvalue weighted by atomic mass is 10.1. The van der Waals surface area contributed by atoms with Gasteiger partial charge in [0.1, 0.15) is 11.3 Å². The zero-order valence-corrected chi connectivity index (χ0v) is 16.9. The number of carbonyl (C=O) groups excluding carboxylic acids is 1. The van der Waals surface area contributed by atoms with Gasteiger partial charge in [-0.3, -0.25) is 4.79 Å². The molecule has 4 rings (SSSR count). The third kappa shape index (κ3) is 5.09. The molecule has 0 aliphatic heterocycles. The minimum absolute atomic E-state index is 0.0605. The number of para-hydroxylation sites is 2. The lowest BCUT2D eigenvalue weighted by Gasteiger charge is -2.12. The van der Waals surface area contributed by atoms with Crippen LogP contribution in [-0.4, -0.2) is 16.9 Å². The van der Waals surface area contributed by atoms with Crippen molar-refractivity contribution in [3.05, 3.63) is 83.8 Å². The van der Waals surface area contributed by atoms with Crippen LogP contribution in [0.15, 0.2) is 80.8 Å². The van der Waals surface area contributed by atoms with Crippen LogP contribution in [0.1, 0.15) is 35.2 Å². The van der Waals surface area contributed by atoms with E-state index in [4.69, 9.17) is 8.83 Å². The van der Waals surface area contributed by atoms with Gasteiger partial charge in [0.15, 0.2) is 11.3 Å². The number of oxazole rings is 1. The molecule has 1 atom stereocenters. The van der Waals surface area contributed by atoms with Crippen molar-refractivity contribution in [2.24, 2.45) is 0 Å². The van der Waals surface area contributed by atoms with E-state index in [0.717, 1.165) is 23.9 Å². The van der Waals surface area contributed by atoms with Crippen molar-refractivity contribution in [2.75, 3.05) is 0 Å². The molecule has 0 fully saturated rings. The van der Waals surface area contributed by atoms with Gasteiger partial charge < -0.3 is 14.2 Å². The summed E-state index contributed by atoms with van der Waals surface area (Å²) in [5.41, 5.74) is 2.86. The third-order valence-corrected chi connectivity index (χ3v) is 5.43. The molecule has 1 N–H and O–H groups in total. The number of nitrogens with zero attached hydrogens (tertiary/aromatic N) is 1. The van der Waals surface area contributed by atoms with Crippen molar-refractivity contribution in [3.8, 4) is 0 Å². The van der Waals surface area contributed by atoms with Crippen molar-refractivity contribution in [1.82, 2.24) is 10.3 Å². The van der Waals surface area contributed by atoms with Crippen LogP contribution in [0.5, 0.6) is 0 Å². The SMILES string of the molecule is C[C@@H](CCc1ccccc1)NC(=O)c1ccc(CSc2nc3ccccc3o2)o1. The molecule has 2 heterocycles. The maximum Gasteiger partial charge on any atom is 0.287 e. The molecule has 0 bridgehead atoms. The van der Waals surface area contributed by atoms with Gasteiger partial charge in [-0.05, 0) is 49.6 Å². The van der Waals surface area contributed by atoms with E-state index in [-0.39, 0.29) is 11.9 Å². The van der Waals surface area contributed by atoms with Crippen LogP contribution in [0.3, 0.4) is 0 Å². The summed E-state index contributed by atoms with van der Waals surface area (Å²) in [5.74, 6) is 1.39. The van der Waals surface area contributed by atoms with Gasteiger partial charge in [-0.25, -0.2) is 4.98 Å². The Bertz CT molecular complexity index is 1050. The molecule has 5 nitrogen and oxygen atoms in total. The standard InChI is InChI=1S/C23H22N2O3S/c1-16(11-12-17-7-3-2-4-8-17)24-22(26)21-14-13-18(27-21)15-29-23-25-19-9-5-6-10-20(19)28-23/h2-10,13-14,16H,11-12,15H2,1H3,(H,24,26)/t16-/m0/s1. The van der Waals surface area contributed by atoms with Crippen LogP contribution in [0.2, 0.25) is 0 Å². The van der Waals surface area contributed by atoms with Gasteiger partial charge in [0, 0.05) is 6.04 Å². The molecule has 0 aliphatic carbocycles. The Labute approximate surface area is 173 Å². The summed E-state index contributed by atoms with van der Waals surface area (Å²) in [6, 6.07) is 21.5. The second kappa shape index (κ2) is 9.01. The minimum atomic E-state index is -0.191. The number of aromatic nitrogens is 1. The first-order valence-corrected chi connectivity index (χ1v) is 10.6. The fourth-order valence-electron chi connectivity index (χ4n) is 3.02. The number of benzene rings is 2. The zero-order chi connectivity index (χ0) is 20.1. The summed E-state index contributed by atoms with van der Waals surface area (Å²) in [5, 5.41) is 3.59. The summed E-state index contributed by atoms with van der Waals surface area (Å²) in [4.78, 5) is 16.9. The summed E-state index contributed by atoms with van der Waals surface area (Å²) < 4.78 is 11.4. The van der Waals surface area contributed by atoms with E-state index in [1.54, 1.807) is 6.07 Å². The summed E-state index contributed by atoms with van der Waals surface area (Å²) in [6.07, 6.45) is 1.80. The van der Waals surface area contributed by atoms with E-state index < -0.39 is 0 Å². The second-order valence-corrected chi connectivity index (χ2v) is 7.83. The number of furan rings is 1. The Morgan fingerprint density at radius 1 is 1.03 bits per heavy atom. The molecule has 0 unspecified atom stereocenters. The lowest BCUT2D eigenvalue weighted by molar-refractivity contribution is 0.0909. The molecule has 0 spiro atoms. The highest BCUT2D eigenvalue weighted by atomic mass is 32.2. The number of fused-ring (bicyclic) bond motifs is 1. The zero-order valence-electron chi connectivity index (χ0n) is 16.1. The number of aryl methyl sites for hydroxylation is 1. The molecule has 0 radical (unpaired) electrons.